The van der Waals surface area contributed by atoms with Crippen molar-refractivity contribution >= 4 is 21.6 Å². The summed E-state index contributed by atoms with van der Waals surface area (Å²) < 4.78 is 1.22. The maximum atomic E-state index is 9.88. The molecule has 0 saturated heterocycles. The SMILES string of the molecule is Cc1cc2nc(CC(O)C(C)C)sc2cc1C. The number of hydrogen-bond donors (Lipinski definition) is 1. The molecule has 1 heterocycles. The highest BCUT2D eigenvalue weighted by molar-refractivity contribution is 7.18. The van der Waals surface area contributed by atoms with Crippen molar-refractivity contribution in [3.05, 3.63) is 28.3 Å². The highest BCUT2D eigenvalue weighted by atomic mass is 32.1. The van der Waals surface area contributed by atoms with Gasteiger partial charge in [0.1, 0.15) is 0 Å². The van der Waals surface area contributed by atoms with Crippen LogP contribution in [-0.2, 0) is 6.42 Å². The van der Waals surface area contributed by atoms with Crippen molar-refractivity contribution in [2.24, 2.45) is 5.92 Å². The van der Waals surface area contributed by atoms with Crippen LogP contribution in [-0.4, -0.2) is 16.2 Å². The zero-order chi connectivity index (χ0) is 12.6. The lowest BCUT2D eigenvalue weighted by Gasteiger charge is -2.11. The summed E-state index contributed by atoms with van der Waals surface area (Å²) in [6.07, 6.45) is 0.368. The molecule has 0 spiro atoms. The molecule has 92 valence electrons. The van der Waals surface area contributed by atoms with Crippen LogP contribution < -0.4 is 0 Å². The Morgan fingerprint density at radius 3 is 2.53 bits per heavy atom. The largest absolute Gasteiger partial charge is 0.392 e. The molecule has 0 fully saturated rings. The molecule has 1 N–H and O–H groups in total. The third-order valence-corrected chi connectivity index (χ3v) is 4.24. The molecule has 2 rings (SSSR count). The van der Waals surface area contributed by atoms with Gasteiger partial charge < -0.3 is 5.11 Å². The van der Waals surface area contributed by atoms with Crippen LogP contribution in [0.25, 0.3) is 10.2 Å². The van der Waals surface area contributed by atoms with Gasteiger partial charge in [-0.15, -0.1) is 11.3 Å². The number of hydrogen-bond acceptors (Lipinski definition) is 3. The van der Waals surface area contributed by atoms with E-state index >= 15 is 0 Å². The van der Waals surface area contributed by atoms with Crippen molar-refractivity contribution in [2.45, 2.75) is 40.2 Å². The van der Waals surface area contributed by atoms with E-state index in [1.807, 2.05) is 13.8 Å². The maximum Gasteiger partial charge on any atom is 0.0964 e. The molecule has 0 aliphatic heterocycles. The van der Waals surface area contributed by atoms with Crippen LogP contribution in [0.3, 0.4) is 0 Å². The summed E-state index contributed by atoms with van der Waals surface area (Å²) in [5.74, 6) is 0.283. The molecule has 0 aliphatic rings. The van der Waals surface area contributed by atoms with Crippen molar-refractivity contribution in [3.8, 4) is 0 Å². The number of rotatable bonds is 3. The number of aromatic nitrogens is 1. The molecule has 0 bridgehead atoms. The standard InChI is InChI=1S/C14H19NOS/c1-8(2)12(16)7-14-15-11-5-9(3)10(4)6-13(11)17-14/h5-6,8,12,16H,7H2,1-4H3. The minimum atomic E-state index is -0.294. The Morgan fingerprint density at radius 2 is 1.88 bits per heavy atom. The number of aliphatic hydroxyl groups excluding tert-OH is 1. The van der Waals surface area contributed by atoms with E-state index in [1.54, 1.807) is 11.3 Å². The van der Waals surface area contributed by atoms with Gasteiger partial charge in [-0.1, -0.05) is 13.8 Å². The quantitative estimate of drug-likeness (QED) is 0.903. The Morgan fingerprint density at radius 1 is 1.24 bits per heavy atom. The Kier molecular flexibility index (Phi) is 3.50. The summed E-state index contributed by atoms with van der Waals surface area (Å²) in [6.45, 7) is 8.30. The highest BCUT2D eigenvalue weighted by Gasteiger charge is 2.13. The number of benzene rings is 1. The lowest BCUT2D eigenvalue weighted by Crippen LogP contribution is -2.17. The van der Waals surface area contributed by atoms with Gasteiger partial charge in [0.2, 0.25) is 0 Å². The first-order chi connectivity index (χ1) is 7.97. The molecule has 3 heteroatoms. The average Bonchev–Trinajstić information content (AvgIpc) is 2.60. The van der Waals surface area contributed by atoms with Gasteiger partial charge in [0.15, 0.2) is 0 Å². The van der Waals surface area contributed by atoms with Gasteiger partial charge in [-0.2, -0.15) is 0 Å². The van der Waals surface area contributed by atoms with Gasteiger partial charge in [0.05, 0.1) is 21.3 Å². The predicted molar refractivity (Wildman–Crippen MR) is 73.6 cm³/mol. The molecule has 1 atom stereocenters. The van der Waals surface area contributed by atoms with E-state index in [-0.39, 0.29) is 12.0 Å². The van der Waals surface area contributed by atoms with E-state index in [4.69, 9.17) is 0 Å². The van der Waals surface area contributed by atoms with E-state index < -0.39 is 0 Å². The molecule has 0 radical (unpaired) electrons. The first-order valence-electron chi connectivity index (χ1n) is 6.02. The van der Waals surface area contributed by atoms with Crippen LogP contribution >= 0.6 is 11.3 Å². The van der Waals surface area contributed by atoms with Crippen LogP contribution in [0.5, 0.6) is 0 Å². The van der Waals surface area contributed by atoms with Crippen LogP contribution in [0.1, 0.15) is 30.0 Å². The summed E-state index contributed by atoms with van der Waals surface area (Å²) in [5.41, 5.74) is 3.64. The van der Waals surface area contributed by atoms with Gasteiger partial charge in [0, 0.05) is 6.42 Å². The Bertz CT molecular complexity index is 491. The zero-order valence-corrected chi connectivity index (χ0v) is 11.6. The van der Waals surface area contributed by atoms with Crippen molar-refractivity contribution in [1.29, 1.82) is 0 Å². The lowest BCUT2D eigenvalue weighted by atomic mass is 10.1. The normalized spacial score (nSPS) is 13.5. The Balaban J connectivity index is 2.32. The van der Waals surface area contributed by atoms with Gasteiger partial charge in [-0.25, -0.2) is 4.98 Å². The highest BCUT2D eigenvalue weighted by Crippen LogP contribution is 2.26. The van der Waals surface area contributed by atoms with E-state index in [1.165, 1.54) is 15.8 Å². The fraction of sp³-hybridized carbons (Fsp3) is 0.500. The Labute approximate surface area is 106 Å². The fourth-order valence-electron chi connectivity index (χ4n) is 1.73. The first-order valence-corrected chi connectivity index (χ1v) is 6.83. The van der Waals surface area contributed by atoms with Gasteiger partial charge in [-0.3, -0.25) is 0 Å². The molecule has 2 aromatic rings. The minimum absolute atomic E-state index is 0.283. The molecule has 0 aliphatic carbocycles. The van der Waals surface area contributed by atoms with Gasteiger partial charge in [-0.05, 0) is 43.0 Å². The van der Waals surface area contributed by atoms with Crippen LogP contribution in [0.15, 0.2) is 12.1 Å². The number of aryl methyl sites for hydroxylation is 2. The molecule has 1 aromatic heterocycles. The molecular formula is C14H19NOS. The minimum Gasteiger partial charge on any atom is -0.392 e. The molecule has 0 saturated carbocycles. The summed E-state index contributed by atoms with van der Waals surface area (Å²) in [4.78, 5) is 4.60. The second kappa shape index (κ2) is 4.75. The predicted octanol–water partition coefficient (Wildman–Crippen LogP) is 3.47. The smallest absolute Gasteiger partial charge is 0.0964 e. The van der Waals surface area contributed by atoms with E-state index in [0.717, 1.165) is 10.5 Å². The topological polar surface area (TPSA) is 33.1 Å². The average molecular weight is 249 g/mol. The van der Waals surface area contributed by atoms with E-state index in [0.29, 0.717) is 6.42 Å². The van der Waals surface area contributed by atoms with E-state index in [9.17, 15) is 5.11 Å². The van der Waals surface area contributed by atoms with Crippen molar-refractivity contribution in [3.63, 3.8) is 0 Å². The number of thiazole rings is 1. The zero-order valence-electron chi connectivity index (χ0n) is 10.8. The third-order valence-electron chi connectivity index (χ3n) is 3.20. The fourth-order valence-corrected chi connectivity index (χ4v) is 2.83. The Hall–Kier alpha value is -0.930. The summed E-state index contributed by atoms with van der Waals surface area (Å²) in [7, 11) is 0. The van der Waals surface area contributed by atoms with Crippen LogP contribution in [0.4, 0.5) is 0 Å². The number of nitrogens with zero attached hydrogens (tertiary/aromatic N) is 1. The second-order valence-corrected chi connectivity index (χ2v) is 6.14. The molecular weight excluding hydrogens is 230 g/mol. The number of aliphatic hydroxyl groups is 1. The molecule has 1 aromatic carbocycles. The molecule has 0 amide bonds. The third kappa shape index (κ3) is 2.67. The van der Waals surface area contributed by atoms with Crippen molar-refractivity contribution in [2.75, 3.05) is 0 Å². The first kappa shape index (κ1) is 12.5. The summed E-state index contributed by atoms with van der Waals surface area (Å²) >= 11 is 1.69. The van der Waals surface area contributed by atoms with Crippen molar-refractivity contribution < 1.29 is 5.11 Å². The molecule has 2 nitrogen and oxygen atoms in total. The second-order valence-electron chi connectivity index (χ2n) is 5.03. The molecule has 1 unspecified atom stereocenters. The van der Waals surface area contributed by atoms with Gasteiger partial charge >= 0.3 is 0 Å². The maximum absolute atomic E-state index is 9.88. The molecule has 17 heavy (non-hydrogen) atoms. The summed E-state index contributed by atoms with van der Waals surface area (Å²) in [6, 6.07) is 4.32. The van der Waals surface area contributed by atoms with Gasteiger partial charge in [0.25, 0.3) is 0 Å². The summed E-state index contributed by atoms with van der Waals surface area (Å²) in [5, 5.41) is 10.9. The van der Waals surface area contributed by atoms with Crippen LogP contribution in [0.2, 0.25) is 0 Å². The number of fused-ring (bicyclic) bond motifs is 1. The monoisotopic (exact) mass is 249 g/mol. The van der Waals surface area contributed by atoms with Crippen LogP contribution in [0, 0.1) is 19.8 Å². The lowest BCUT2D eigenvalue weighted by molar-refractivity contribution is 0.125. The van der Waals surface area contributed by atoms with E-state index in [2.05, 4.69) is 31.0 Å². The van der Waals surface area contributed by atoms with Crippen molar-refractivity contribution in [1.82, 2.24) is 4.98 Å².